The van der Waals surface area contributed by atoms with Crippen molar-refractivity contribution < 1.29 is 24.0 Å². The Bertz CT molecular complexity index is 1200. The van der Waals surface area contributed by atoms with Crippen molar-refractivity contribution in [2.24, 2.45) is 0 Å². The molecular weight excluding hydrogens is 454 g/mol. The van der Waals surface area contributed by atoms with Crippen LogP contribution in [-0.2, 0) is 4.74 Å². The molecule has 11 nitrogen and oxygen atoms in total. The summed E-state index contributed by atoms with van der Waals surface area (Å²) in [6.07, 6.45) is -0.377. The van der Waals surface area contributed by atoms with Gasteiger partial charge < -0.3 is 14.5 Å². The number of nitro benzene ring substituents is 1. The van der Waals surface area contributed by atoms with Gasteiger partial charge in [-0.2, -0.15) is 0 Å². The number of nitrogens with zero attached hydrogens (tertiary/aromatic N) is 5. The Morgan fingerprint density at radius 2 is 1.80 bits per heavy atom. The molecule has 1 aromatic carbocycles. The zero-order valence-electron chi connectivity index (χ0n) is 20.7. The predicted molar refractivity (Wildman–Crippen MR) is 126 cm³/mol. The maximum Gasteiger partial charge on any atom is 0.342 e. The minimum atomic E-state index is -0.663. The molecule has 1 aromatic heterocycles. The Morgan fingerprint density at radius 3 is 2.40 bits per heavy atom. The average Bonchev–Trinajstić information content (AvgIpc) is 2.77. The van der Waals surface area contributed by atoms with Crippen molar-refractivity contribution in [2.45, 2.75) is 53.7 Å². The molecule has 0 radical (unpaired) electrons. The van der Waals surface area contributed by atoms with Crippen LogP contribution in [0.5, 0.6) is 0 Å². The Balaban J connectivity index is 1.82. The Morgan fingerprint density at radius 1 is 1.11 bits per heavy atom. The van der Waals surface area contributed by atoms with Gasteiger partial charge in [0.1, 0.15) is 17.1 Å². The molecule has 1 atom stereocenters. The summed E-state index contributed by atoms with van der Waals surface area (Å²) < 4.78 is 5.30. The maximum absolute atomic E-state index is 13.4. The van der Waals surface area contributed by atoms with Crippen LogP contribution >= 0.6 is 0 Å². The van der Waals surface area contributed by atoms with E-state index in [4.69, 9.17) is 4.74 Å². The van der Waals surface area contributed by atoms with Gasteiger partial charge in [0.2, 0.25) is 0 Å². The number of nitro groups is 1. The highest BCUT2D eigenvalue weighted by atomic mass is 16.6. The van der Waals surface area contributed by atoms with Crippen molar-refractivity contribution in [3.05, 3.63) is 62.2 Å². The summed E-state index contributed by atoms with van der Waals surface area (Å²) in [6, 6.07) is 4.03. The van der Waals surface area contributed by atoms with Crippen molar-refractivity contribution in [3.8, 4) is 0 Å². The van der Waals surface area contributed by atoms with E-state index in [9.17, 15) is 24.5 Å². The molecule has 1 aliphatic heterocycles. The van der Waals surface area contributed by atoms with Crippen LogP contribution in [0, 0.1) is 30.9 Å². The summed E-state index contributed by atoms with van der Waals surface area (Å²) in [6.45, 7) is 10.7. The number of carbonyl (C=O) groups excluding carboxylic acids is 3. The first-order valence-corrected chi connectivity index (χ1v) is 11.3. The van der Waals surface area contributed by atoms with Gasteiger partial charge in [-0.05, 0) is 47.6 Å². The first-order valence-electron chi connectivity index (χ1n) is 11.3. The first-order chi connectivity index (χ1) is 16.4. The minimum absolute atomic E-state index is 0.0261. The molecule has 0 saturated carbocycles. The molecule has 0 spiro atoms. The molecule has 186 valence electrons. The molecule has 35 heavy (non-hydrogen) atoms. The molecule has 2 amide bonds. The molecule has 2 aromatic rings. The quantitative estimate of drug-likeness (QED) is 0.360. The molecule has 0 aliphatic carbocycles. The number of hydrogen-bond acceptors (Lipinski definition) is 8. The number of ether oxygens (including phenoxy) is 1. The number of piperazine rings is 1. The number of esters is 1. The minimum Gasteiger partial charge on any atom is -0.459 e. The first kappa shape index (κ1) is 25.7. The van der Waals surface area contributed by atoms with Crippen LogP contribution in [0.3, 0.4) is 0 Å². The second-order valence-electron chi connectivity index (χ2n) is 8.89. The fourth-order valence-electron chi connectivity index (χ4n) is 4.08. The third kappa shape index (κ3) is 5.44. The van der Waals surface area contributed by atoms with Crippen molar-refractivity contribution in [1.82, 2.24) is 19.8 Å². The van der Waals surface area contributed by atoms with Crippen molar-refractivity contribution in [1.29, 1.82) is 0 Å². The van der Waals surface area contributed by atoms with E-state index in [0.717, 1.165) is 0 Å². The molecule has 2 heterocycles. The van der Waals surface area contributed by atoms with E-state index in [-0.39, 0.29) is 60.2 Å². The number of rotatable bonds is 5. The number of amides is 2. The molecule has 1 aliphatic rings. The molecule has 3 rings (SSSR count). The second-order valence-corrected chi connectivity index (χ2v) is 8.89. The van der Waals surface area contributed by atoms with Crippen molar-refractivity contribution in [3.63, 3.8) is 0 Å². The average molecular weight is 484 g/mol. The molecule has 1 saturated heterocycles. The van der Waals surface area contributed by atoms with Gasteiger partial charge >= 0.3 is 5.97 Å². The Kier molecular flexibility index (Phi) is 7.47. The van der Waals surface area contributed by atoms with E-state index in [1.165, 1.54) is 6.07 Å². The van der Waals surface area contributed by atoms with Crippen molar-refractivity contribution in [2.75, 3.05) is 19.6 Å². The fourth-order valence-corrected chi connectivity index (χ4v) is 4.08. The highest BCUT2D eigenvalue weighted by Gasteiger charge is 2.34. The van der Waals surface area contributed by atoms with E-state index in [0.29, 0.717) is 17.1 Å². The summed E-state index contributed by atoms with van der Waals surface area (Å²) in [5.74, 6) is -1.10. The van der Waals surface area contributed by atoms with Gasteiger partial charge in [0.25, 0.3) is 17.5 Å². The predicted octanol–water partition coefficient (Wildman–Crippen LogP) is 2.86. The van der Waals surface area contributed by atoms with E-state index in [1.807, 2.05) is 0 Å². The van der Waals surface area contributed by atoms with Gasteiger partial charge in [0.15, 0.2) is 0 Å². The van der Waals surface area contributed by atoms with Crippen LogP contribution in [0.15, 0.2) is 18.2 Å². The lowest BCUT2D eigenvalue weighted by Gasteiger charge is -2.40. The fraction of sp³-hybridized carbons (Fsp3) is 0.458. The number of benzene rings is 1. The molecule has 11 heteroatoms. The van der Waals surface area contributed by atoms with E-state index < -0.39 is 16.8 Å². The van der Waals surface area contributed by atoms with E-state index in [2.05, 4.69) is 9.97 Å². The third-order valence-corrected chi connectivity index (χ3v) is 5.78. The zero-order valence-corrected chi connectivity index (χ0v) is 20.7. The lowest BCUT2D eigenvalue weighted by Crippen LogP contribution is -2.55. The van der Waals surface area contributed by atoms with E-state index in [1.54, 1.807) is 63.5 Å². The number of aryl methyl sites for hydroxylation is 3. The summed E-state index contributed by atoms with van der Waals surface area (Å²) in [5.41, 5.74) is 0.933. The standard InChI is InChI=1S/C24H29N5O6/c1-13(2)35-24(32)20-16(5)25-17(6)26-21(20)23(31)27-9-10-28(15(4)12-27)22(30)18-8-7-14(3)19(11-18)29(33)34/h7-8,11,13,15H,9-10,12H2,1-6H3. The summed E-state index contributed by atoms with van der Waals surface area (Å²) in [7, 11) is 0. The largest absolute Gasteiger partial charge is 0.459 e. The summed E-state index contributed by atoms with van der Waals surface area (Å²) in [4.78, 5) is 61.5. The SMILES string of the molecule is Cc1nc(C)c(C(=O)OC(C)C)c(C(=O)N2CCN(C(=O)c3ccc(C)c([N+](=O)[O-])c3)C(C)C2)n1. The van der Waals surface area contributed by atoms with Crippen LogP contribution in [0.2, 0.25) is 0 Å². The summed E-state index contributed by atoms with van der Waals surface area (Å²) >= 11 is 0. The smallest absolute Gasteiger partial charge is 0.342 e. The number of aromatic nitrogens is 2. The Labute approximate surface area is 203 Å². The van der Waals surface area contributed by atoms with Gasteiger partial charge in [0.05, 0.1) is 16.7 Å². The maximum atomic E-state index is 13.4. The van der Waals surface area contributed by atoms with Crippen LogP contribution in [0.1, 0.15) is 69.1 Å². The van der Waals surface area contributed by atoms with Crippen molar-refractivity contribution >= 4 is 23.5 Å². The zero-order chi connectivity index (χ0) is 26.0. The normalized spacial score (nSPS) is 15.8. The summed E-state index contributed by atoms with van der Waals surface area (Å²) in [5, 5.41) is 11.3. The van der Waals surface area contributed by atoms with Crippen LogP contribution in [0.25, 0.3) is 0 Å². The lowest BCUT2D eigenvalue weighted by molar-refractivity contribution is -0.385. The van der Waals surface area contributed by atoms with Gasteiger partial charge in [-0.1, -0.05) is 6.07 Å². The second kappa shape index (κ2) is 10.2. The highest BCUT2D eigenvalue weighted by Crippen LogP contribution is 2.23. The number of carbonyl (C=O) groups is 3. The van der Waals surface area contributed by atoms with Gasteiger partial charge in [-0.3, -0.25) is 19.7 Å². The van der Waals surface area contributed by atoms with Crippen LogP contribution in [-0.4, -0.2) is 74.3 Å². The molecule has 1 fully saturated rings. The third-order valence-electron chi connectivity index (χ3n) is 5.78. The molecular formula is C24H29N5O6. The van der Waals surface area contributed by atoms with Crippen LogP contribution < -0.4 is 0 Å². The molecule has 0 N–H and O–H groups in total. The van der Waals surface area contributed by atoms with Gasteiger partial charge in [0, 0.05) is 42.9 Å². The monoisotopic (exact) mass is 483 g/mol. The van der Waals surface area contributed by atoms with E-state index >= 15 is 0 Å². The number of hydrogen-bond donors (Lipinski definition) is 0. The highest BCUT2D eigenvalue weighted by molar-refractivity contribution is 6.04. The molecule has 0 bridgehead atoms. The van der Waals surface area contributed by atoms with Gasteiger partial charge in [-0.15, -0.1) is 0 Å². The van der Waals surface area contributed by atoms with Gasteiger partial charge in [-0.25, -0.2) is 14.8 Å². The topological polar surface area (TPSA) is 136 Å². The lowest BCUT2D eigenvalue weighted by atomic mass is 10.1. The Hall–Kier alpha value is -3.89. The molecule has 1 unspecified atom stereocenters. The van der Waals surface area contributed by atoms with Crippen LogP contribution in [0.4, 0.5) is 5.69 Å².